The molecule has 0 aliphatic heterocycles. The first-order chi connectivity index (χ1) is 9.11. The minimum Gasteiger partial charge on any atom is -0.475 e. The van der Waals surface area contributed by atoms with Gasteiger partial charge in [0.25, 0.3) is 0 Å². The first kappa shape index (κ1) is 13.2. The zero-order valence-electron chi connectivity index (χ0n) is 9.68. The van der Waals surface area contributed by atoms with Crippen LogP contribution < -0.4 is 5.32 Å². The predicted octanol–water partition coefficient (Wildman–Crippen LogP) is 3.22. The molecule has 0 saturated heterocycles. The number of rotatable bonds is 4. The van der Waals surface area contributed by atoms with E-state index < -0.39 is 5.97 Å². The largest absolute Gasteiger partial charge is 0.475 e. The van der Waals surface area contributed by atoms with E-state index in [-0.39, 0.29) is 12.3 Å². The fraction of sp³-hybridized carbons (Fsp3) is 0.0769. The lowest BCUT2D eigenvalue weighted by molar-refractivity contribution is 0.0661. The summed E-state index contributed by atoms with van der Waals surface area (Å²) in [5.74, 6) is -1.21. The van der Waals surface area contributed by atoms with Crippen molar-refractivity contribution in [2.24, 2.45) is 0 Å². The fourth-order valence-corrected chi connectivity index (χ4v) is 1.98. The highest BCUT2D eigenvalue weighted by Crippen LogP contribution is 2.21. The molecule has 0 saturated carbocycles. The third-order valence-corrected chi connectivity index (χ3v) is 3.01. The molecule has 0 aliphatic rings. The van der Waals surface area contributed by atoms with Crippen molar-refractivity contribution < 1.29 is 14.3 Å². The van der Waals surface area contributed by atoms with Gasteiger partial charge in [0.1, 0.15) is 6.07 Å². The molecule has 0 unspecified atom stereocenters. The summed E-state index contributed by atoms with van der Waals surface area (Å²) in [6.45, 7) is 0.272. The number of halogens is 1. The normalized spacial score (nSPS) is 9.89. The third-order valence-electron chi connectivity index (χ3n) is 2.51. The molecule has 5 nitrogen and oxygen atoms in total. The summed E-state index contributed by atoms with van der Waals surface area (Å²) < 4.78 is 5.69. The fourth-order valence-electron chi connectivity index (χ4n) is 1.62. The summed E-state index contributed by atoms with van der Waals surface area (Å²) in [4.78, 5) is 10.9. The van der Waals surface area contributed by atoms with Crippen molar-refractivity contribution in [1.29, 1.82) is 5.26 Å². The molecule has 6 heteroatoms. The maximum absolute atomic E-state index is 10.9. The molecule has 2 N–H and O–H groups in total. The number of furan rings is 1. The van der Waals surface area contributed by atoms with Gasteiger partial charge < -0.3 is 14.8 Å². The maximum atomic E-state index is 10.9. The van der Waals surface area contributed by atoms with Gasteiger partial charge in [-0.2, -0.15) is 5.26 Å². The Morgan fingerprint density at radius 3 is 2.95 bits per heavy atom. The van der Waals surface area contributed by atoms with E-state index in [1.165, 1.54) is 6.26 Å². The monoisotopic (exact) mass is 320 g/mol. The zero-order chi connectivity index (χ0) is 13.8. The Labute approximate surface area is 117 Å². The number of aromatic carboxylic acids is 1. The van der Waals surface area contributed by atoms with E-state index in [1.54, 1.807) is 24.3 Å². The molecule has 0 fully saturated rings. The van der Waals surface area contributed by atoms with E-state index >= 15 is 0 Å². The number of carboxylic acids is 1. The summed E-state index contributed by atoms with van der Waals surface area (Å²) >= 11 is 3.29. The third kappa shape index (κ3) is 2.95. The van der Waals surface area contributed by atoms with Crippen LogP contribution in [0.3, 0.4) is 0 Å². The molecule has 0 amide bonds. The van der Waals surface area contributed by atoms with Crippen LogP contribution in [0.5, 0.6) is 0 Å². The van der Waals surface area contributed by atoms with Crippen molar-refractivity contribution >= 4 is 27.6 Å². The Kier molecular flexibility index (Phi) is 3.88. The first-order valence-electron chi connectivity index (χ1n) is 5.35. The standard InChI is InChI=1S/C13H9BrN2O3/c14-10-1-2-11(9(5-10)6-15)16-7-8-3-4-19-12(8)13(17)18/h1-5,16H,7H2,(H,17,18). The minimum absolute atomic E-state index is 0.0943. The van der Waals surface area contributed by atoms with Crippen molar-refractivity contribution in [2.75, 3.05) is 5.32 Å². The Balaban J connectivity index is 2.17. The van der Waals surface area contributed by atoms with Crippen LogP contribution in [0, 0.1) is 11.3 Å². The van der Waals surface area contributed by atoms with Crippen LogP contribution in [0.1, 0.15) is 21.7 Å². The average Bonchev–Trinajstić information content (AvgIpc) is 2.85. The highest BCUT2D eigenvalue weighted by atomic mass is 79.9. The number of nitrogens with zero attached hydrogens (tertiary/aromatic N) is 1. The van der Waals surface area contributed by atoms with Gasteiger partial charge >= 0.3 is 5.97 Å². The van der Waals surface area contributed by atoms with Crippen molar-refractivity contribution in [1.82, 2.24) is 0 Å². The van der Waals surface area contributed by atoms with Crippen LogP contribution >= 0.6 is 15.9 Å². The second-order valence-corrected chi connectivity index (χ2v) is 4.65. The molecule has 0 atom stereocenters. The van der Waals surface area contributed by atoms with Gasteiger partial charge in [-0.25, -0.2) is 4.79 Å². The molecule has 96 valence electrons. The van der Waals surface area contributed by atoms with Gasteiger partial charge in [-0.15, -0.1) is 0 Å². The second-order valence-electron chi connectivity index (χ2n) is 3.74. The molecule has 0 spiro atoms. The highest BCUT2D eigenvalue weighted by Gasteiger charge is 2.13. The molecule has 0 bridgehead atoms. The summed E-state index contributed by atoms with van der Waals surface area (Å²) in [7, 11) is 0. The van der Waals surface area contributed by atoms with E-state index in [0.717, 1.165) is 4.47 Å². The average molecular weight is 321 g/mol. The Morgan fingerprint density at radius 1 is 1.47 bits per heavy atom. The molecule has 1 aromatic heterocycles. The molecule has 1 aromatic carbocycles. The van der Waals surface area contributed by atoms with E-state index in [0.29, 0.717) is 16.8 Å². The van der Waals surface area contributed by atoms with Crippen LogP contribution in [0.15, 0.2) is 39.4 Å². The molecule has 2 aromatic rings. The number of nitrogens with one attached hydrogen (secondary N) is 1. The van der Waals surface area contributed by atoms with E-state index in [2.05, 4.69) is 27.3 Å². The molecular formula is C13H9BrN2O3. The van der Waals surface area contributed by atoms with Crippen LogP contribution in [-0.2, 0) is 6.54 Å². The predicted molar refractivity (Wildman–Crippen MR) is 71.9 cm³/mol. The van der Waals surface area contributed by atoms with Gasteiger partial charge in [-0.05, 0) is 24.3 Å². The number of nitriles is 1. The number of carbonyl (C=O) groups is 1. The molecule has 19 heavy (non-hydrogen) atoms. The van der Waals surface area contributed by atoms with Crippen LogP contribution in [-0.4, -0.2) is 11.1 Å². The molecule has 0 radical (unpaired) electrons. The van der Waals surface area contributed by atoms with Crippen molar-refractivity contribution in [3.8, 4) is 6.07 Å². The first-order valence-corrected chi connectivity index (χ1v) is 6.14. The van der Waals surface area contributed by atoms with Crippen LogP contribution in [0.2, 0.25) is 0 Å². The van der Waals surface area contributed by atoms with Gasteiger partial charge in [0.05, 0.1) is 17.5 Å². The lowest BCUT2D eigenvalue weighted by Crippen LogP contribution is -2.05. The van der Waals surface area contributed by atoms with Crippen molar-refractivity contribution in [3.63, 3.8) is 0 Å². The Morgan fingerprint density at radius 2 is 2.26 bits per heavy atom. The van der Waals surface area contributed by atoms with E-state index in [1.807, 2.05) is 0 Å². The minimum atomic E-state index is -1.11. The van der Waals surface area contributed by atoms with Gasteiger partial charge in [0.15, 0.2) is 0 Å². The van der Waals surface area contributed by atoms with Crippen LogP contribution in [0.25, 0.3) is 0 Å². The van der Waals surface area contributed by atoms with Gasteiger partial charge in [0, 0.05) is 16.6 Å². The topological polar surface area (TPSA) is 86.3 Å². The number of anilines is 1. The van der Waals surface area contributed by atoms with E-state index in [4.69, 9.17) is 14.8 Å². The molecular weight excluding hydrogens is 312 g/mol. The van der Waals surface area contributed by atoms with Gasteiger partial charge in [-0.1, -0.05) is 15.9 Å². The molecule has 1 heterocycles. The summed E-state index contributed by atoms with van der Waals surface area (Å²) in [5.41, 5.74) is 1.65. The SMILES string of the molecule is N#Cc1cc(Br)ccc1NCc1ccoc1C(=O)O. The van der Waals surface area contributed by atoms with Crippen LogP contribution in [0.4, 0.5) is 5.69 Å². The summed E-state index contributed by atoms with van der Waals surface area (Å²) in [6, 6.07) is 8.90. The number of benzene rings is 1. The number of hydrogen-bond donors (Lipinski definition) is 2. The zero-order valence-corrected chi connectivity index (χ0v) is 11.3. The quantitative estimate of drug-likeness (QED) is 0.903. The van der Waals surface area contributed by atoms with Crippen molar-refractivity contribution in [2.45, 2.75) is 6.54 Å². The molecule has 0 aliphatic carbocycles. The lowest BCUT2D eigenvalue weighted by Gasteiger charge is -2.07. The molecule has 2 rings (SSSR count). The maximum Gasteiger partial charge on any atom is 0.372 e. The van der Waals surface area contributed by atoms with Gasteiger partial charge in [0.2, 0.25) is 5.76 Å². The Hall–Kier alpha value is -2.26. The van der Waals surface area contributed by atoms with Gasteiger partial charge in [-0.3, -0.25) is 0 Å². The second kappa shape index (κ2) is 5.59. The Bertz CT molecular complexity index is 658. The number of hydrogen-bond acceptors (Lipinski definition) is 4. The van der Waals surface area contributed by atoms with E-state index in [9.17, 15) is 4.79 Å². The lowest BCUT2D eigenvalue weighted by atomic mass is 10.2. The van der Waals surface area contributed by atoms with Crippen molar-refractivity contribution in [3.05, 3.63) is 51.9 Å². The summed E-state index contributed by atoms with van der Waals surface area (Å²) in [5, 5.41) is 21.0. The summed E-state index contributed by atoms with van der Waals surface area (Å²) in [6.07, 6.45) is 1.33. The highest BCUT2D eigenvalue weighted by molar-refractivity contribution is 9.10. The number of carboxylic acid groups (broad SMARTS) is 1. The smallest absolute Gasteiger partial charge is 0.372 e.